The maximum absolute atomic E-state index is 11.5. The van der Waals surface area contributed by atoms with Crippen LogP contribution in [0.2, 0.25) is 0 Å². The Morgan fingerprint density at radius 1 is 1.08 bits per heavy atom. The van der Waals surface area contributed by atoms with Crippen LogP contribution >= 0.6 is 0 Å². The summed E-state index contributed by atoms with van der Waals surface area (Å²) in [4.78, 5) is 16.4. The molecule has 2 heterocycles. The van der Waals surface area contributed by atoms with Crippen molar-refractivity contribution in [1.82, 2.24) is 20.7 Å². The lowest BCUT2D eigenvalue weighted by molar-refractivity contribution is 0.0706. The van der Waals surface area contributed by atoms with Crippen molar-refractivity contribution >= 4 is 27.7 Å². The minimum absolute atomic E-state index is 0.408. The summed E-state index contributed by atoms with van der Waals surface area (Å²) in [5.41, 5.74) is 8.58. The summed E-state index contributed by atoms with van der Waals surface area (Å²) in [5.74, 6) is -0.520. The number of nitrogens with one attached hydrogen (secondary N) is 2. The lowest BCUT2D eigenvalue weighted by Gasteiger charge is -2.24. The van der Waals surface area contributed by atoms with Crippen molar-refractivity contribution in [2.45, 2.75) is 12.8 Å². The number of H-pyrrole nitrogens is 1. The number of pyridine rings is 1. The Labute approximate surface area is 142 Å². The van der Waals surface area contributed by atoms with Crippen molar-refractivity contribution < 1.29 is 10.0 Å². The Hall–Kier alpha value is -3.25. The topological polar surface area (TPSA) is 90.9 Å². The molecule has 1 aliphatic rings. The molecule has 0 spiro atoms. The molecule has 0 aliphatic heterocycles. The van der Waals surface area contributed by atoms with Crippen LogP contribution in [0, 0.1) is 0 Å². The number of carbonyl (C=O) groups excluding carboxylic acids is 1. The van der Waals surface area contributed by atoms with Crippen LogP contribution in [0.1, 0.15) is 21.5 Å². The molecule has 4 aromatic rings. The molecular weight excluding hydrogens is 316 g/mol. The minimum Gasteiger partial charge on any atom is -0.288 e. The van der Waals surface area contributed by atoms with E-state index < -0.39 is 5.91 Å². The van der Waals surface area contributed by atoms with Gasteiger partial charge >= 0.3 is 0 Å². The van der Waals surface area contributed by atoms with Gasteiger partial charge in [-0.1, -0.05) is 12.1 Å². The van der Waals surface area contributed by atoms with Crippen molar-refractivity contribution in [3.05, 3.63) is 59.3 Å². The summed E-state index contributed by atoms with van der Waals surface area (Å²) in [7, 11) is 0. The van der Waals surface area contributed by atoms with E-state index in [9.17, 15) is 4.79 Å². The first kappa shape index (κ1) is 14.1. The molecule has 0 saturated heterocycles. The SMILES string of the molecule is O=C(NO)c1ccc(-c2nc3ccc4[nH]ncc4c3c3c2CC3)cc1. The molecule has 2 aromatic carbocycles. The molecular formula is C19H14N4O2. The van der Waals surface area contributed by atoms with Gasteiger partial charge in [0, 0.05) is 21.9 Å². The predicted octanol–water partition coefficient (Wildman–Crippen LogP) is 3.00. The number of aromatic amines is 1. The van der Waals surface area contributed by atoms with Gasteiger partial charge in [-0.25, -0.2) is 10.5 Å². The van der Waals surface area contributed by atoms with Gasteiger partial charge in [0.15, 0.2) is 0 Å². The van der Waals surface area contributed by atoms with Crippen molar-refractivity contribution in [1.29, 1.82) is 0 Å². The van der Waals surface area contributed by atoms with Crippen LogP contribution in [0.4, 0.5) is 0 Å². The zero-order valence-electron chi connectivity index (χ0n) is 13.2. The molecule has 5 rings (SSSR count). The number of aryl methyl sites for hydroxylation is 1. The summed E-state index contributed by atoms with van der Waals surface area (Å²) >= 11 is 0. The number of hydroxylamine groups is 1. The third kappa shape index (κ3) is 1.98. The van der Waals surface area contributed by atoms with Crippen LogP contribution in [0.3, 0.4) is 0 Å². The number of benzene rings is 2. The van der Waals surface area contributed by atoms with E-state index in [1.54, 1.807) is 17.6 Å². The number of amides is 1. The fourth-order valence-corrected chi connectivity index (χ4v) is 3.60. The predicted molar refractivity (Wildman–Crippen MR) is 93.5 cm³/mol. The van der Waals surface area contributed by atoms with Crippen LogP contribution in [0.5, 0.6) is 0 Å². The molecule has 0 bridgehead atoms. The van der Waals surface area contributed by atoms with Crippen molar-refractivity contribution in [3.63, 3.8) is 0 Å². The molecule has 6 nitrogen and oxygen atoms in total. The maximum Gasteiger partial charge on any atom is 0.274 e. The first-order valence-corrected chi connectivity index (χ1v) is 8.08. The van der Waals surface area contributed by atoms with Crippen LogP contribution in [-0.4, -0.2) is 26.3 Å². The quantitative estimate of drug-likeness (QED) is 0.389. The Bertz CT molecular complexity index is 1150. The molecule has 1 aliphatic carbocycles. The zero-order valence-corrected chi connectivity index (χ0v) is 13.2. The highest BCUT2D eigenvalue weighted by atomic mass is 16.5. The third-order valence-electron chi connectivity index (χ3n) is 4.93. The number of aromatic nitrogens is 3. The monoisotopic (exact) mass is 330 g/mol. The van der Waals surface area contributed by atoms with Crippen LogP contribution in [-0.2, 0) is 12.8 Å². The Balaban J connectivity index is 1.71. The molecule has 0 unspecified atom stereocenters. The van der Waals surface area contributed by atoms with Gasteiger partial charge in [-0.3, -0.25) is 15.1 Å². The second-order valence-corrected chi connectivity index (χ2v) is 6.23. The van der Waals surface area contributed by atoms with Crippen molar-refractivity contribution in [2.75, 3.05) is 0 Å². The van der Waals surface area contributed by atoms with Crippen LogP contribution in [0.15, 0.2) is 42.6 Å². The van der Waals surface area contributed by atoms with E-state index >= 15 is 0 Å². The largest absolute Gasteiger partial charge is 0.288 e. The summed E-state index contributed by atoms with van der Waals surface area (Å²) in [5, 5.41) is 18.2. The van der Waals surface area contributed by atoms with Crippen LogP contribution < -0.4 is 5.48 Å². The molecule has 122 valence electrons. The van der Waals surface area contributed by atoms with E-state index in [1.807, 2.05) is 30.5 Å². The number of fused-ring (bicyclic) bond motifs is 5. The average molecular weight is 330 g/mol. The van der Waals surface area contributed by atoms with Gasteiger partial charge in [0.05, 0.1) is 22.9 Å². The van der Waals surface area contributed by atoms with E-state index in [0.29, 0.717) is 5.56 Å². The van der Waals surface area contributed by atoms with Gasteiger partial charge in [-0.2, -0.15) is 5.10 Å². The molecule has 2 aromatic heterocycles. The third-order valence-corrected chi connectivity index (χ3v) is 4.93. The standard InChI is InChI=1S/C19H14N4O2/c24-19(23-25)11-3-1-10(2-4-11)18-13-6-5-12(13)17-14-9-20-22-15(14)7-8-16(17)21-18/h1-4,7-9,25H,5-6H2,(H,20,22)(H,23,24). The number of nitrogens with zero attached hydrogens (tertiary/aromatic N) is 2. The number of carbonyl (C=O) groups is 1. The second-order valence-electron chi connectivity index (χ2n) is 6.23. The highest BCUT2D eigenvalue weighted by Crippen LogP contribution is 2.39. The summed E-state index contributed by atoms with van der Waals surface area (Å²) in [6.45, 7) is 0. The second kappa shape index (κ2) is 5.12. The average Bonchev–Trinajstić information content (AvgIpc) is 3.10. The van der Waals surface area contributed by atoms with Crippen LogP contribution in [0.25, 0.3) is 33.1 Å². The molecule has 0 atom stereocenters. The molecule has 0 fully saturated rings. The molecule has 6 heteroatoms. The van der Waals surface area contributed by atoms with Crippen molar-refractivity contribution in [2.24, 2.45) is 0 Å². The van der Waals surface area contributed by atoms with Gasteiger partial charge in [0.2, 0.25) is 0 Å². The molecule has 25 heavy (non-hydrogen) atoms. The van der Waals surface area contributed by atoms with Gasteiger partial charge in [0.25, 0.3) is 5.91 Å². The summed E-state index contributed by atoms with van der Waals surface area (Å²) < 4.78 is 0. The first-order valence-electron chi connectivity index (χ1n) is 8.08. The minimum atomic E-state index is -0.520. The first-order chi connectivity index (χ1) is 12.3. The van der Waals surface area contributed by atoms with Gasteiger partial charge in [-0.05, 0) is 48.2 Å². The smallest absolute Gasteiger partial charge is 0.274 e. The fourth-order valence-electron chi connectivity index (χ4n) is 3.60. The van der Waals surface area contributed by atoms with Gasteiger partial charge in [0.1, 0.15) is 0 Å². The highest BCUT2D eigenvalue weighted by Gasteiger charge is 2.24. The van der Waals surface area contributed by atoms with E-state index in [4.69, 9.17) is 10.2 Å². The molecule has 3 N–H and O–H groups in total. The zero-order chi connectivity index (χ0) is 17.0. The Kier molecular flexibility index (Phi) is 2.89. The lowest BCUT2D eigenvalue weighted by Crippen LogP contribution is -2.18. The summed E-state index contributed by atoms with van der Waals surface area (Å²) in [6.07, 6.45) is 3.90. The summed E-state index contributed by atoms with van der Waals surface area (Å²) in [6, 6.07) is 11.1. The Morgan fingerprint density at radius 2 is 1.88 bits per heavy atom. The number of hydrogen-bond acceptors (Lipinski definition) is 4. The normalized spacial score (nSPS) is 12.8. The van der Waals surface area contributed by atoms with Crippen molar-refractivity contribution in [3.8, 4) is 11.3 Å². The Morgan fingerprint density at radius 3 is 2.60 bits per heavy atom. The van der Waals surface area contributed by atoms with E-state index in [2.05, 4.69) is 10.2 Å². The van der Waals surface area contributed by atoms with Gasteiger partial charge < -0.3 is 0 Å². The fraction of sp³-hybridized carbons (Fsp3) is 0.105. The van der Waals surface area contributed by atoms with E-state index in [-0.39, 0.29) is 0 Å². The molecule has 0 saturated carbocycles. The maximum atomic E-state index is 11.5. The van der Waals surface area contributed by atoms with E-state index in [0.717, 1.165) is 40.5 Å². The van der Waals surface area contributed by atoms with Gasteiger partial charge in [-0.15, -0.1) is 0 Å². The number of hydrogen-bond donors (Lipinski definition) is 3. The number of rotatable bonds is 2. The lowest BCUT2D eigenvalue weighted by atomic mass is 9.82. The molecule has 1 amide bonds. The van der Waals surface area contributed by atoms with E-state index in [1.165, 1.54) is 16.5 Å². The molecule has 0 radical (unpaired) electrons. The highest BCUT2D eigenvalue weighted by molar-refractivity contribution is 6.08.